The van der Waals surface area contributed by atoms with Gasteiger partial charge in [0, 0.05) is 31.8 Å². The second kappa shape index (κ2) is 9.10. The summed E-state index contributed by atoms with van der Waals surface area (Å²) in [5.74, 6) is 0.482. The van der Waals surface area contributed by atoms with Crippen LogP contribution in [0.4, 0.5) is 0 Å². The summed E-state index contributed by atoms with van der Waals surface area (Å²) in [6.45, 7) is 8.50. The van der Waals surface area contributed by atoms with Crippen molar-refractivity contribution >= 4 is 23.1 Å². The minimum Gasteiger partial charge on any atom is -0.312 e. The highest BCUT2D eigenvalue weighted by Gasteiger charge is 2.23. The van der Waals surface area contributed by atoms with Gasteiger partial charge in [-0.2, -0.15) is 0 Å². The van der Waals surface area contributed by atoms with Gasteiger partial charge >= 0.3 is 0 Å². The molecule has 2 aromatic rings. The van der Waals surface area contributed by atoms with Gasteiger partial charge < -0.3 is 9.47 Å². The molecule has 0 spiro atoms. The van der Waals surface area contributed by atoms with Crippen molar-refractivity contribution in [2.75, 3.05) is 20.6 Å². The highest BCUT2D eigenvalue weighted by Crippen LogP contribution is 2.25. The lowest BCUT2D eigenvalue weighted by atomic mass is 9.92. The lowest BCUT2D eigenvalue weighted by Crippen LogP contribution is -2.33. The number of fused-ring (bicyclic) bond motifs is 1. The molecule has 27 heavy (non-hydrogen) atoms. The molecule has 0 bridgehead atoms. The largest absolute Gasteiger partial charge is 0.312 e. The van der Waals surface area contributed by atoms with E-state index in [1.807, 2.05) is 6.07 Å². The molecule has 148 valence electrons. The third kappa shape index (κ3) is 5.87. The Balaban J connectivity index is 2.40. The number of carbonyl (C=O) groups is 1. The zero-order valence-electron chi connectivity index (χ0n) is 17.0. The molecule has 0 unspecified atom stereocenters. The molecule has 0 aliphatic heterocycles. The molecule has 2 aromatic heterocycles. The average Bonchev–Trinajstić information content (AvgIpc) is 2.92. The van der Waals surface area contributed by atoms with E-state index in [1.54, 1.807) is 17.8 Å². The Morgan fingerprint density at radius 3 is 2.78 bits per heavy atom. The number of hydrogen-bond donors (Lipinski definition) is 2. The summed E-state index contributed by atoms with van der Waals surface area (Å²) < 4.78 is 2.24. The van der Waals surface area contributed by atoms with Crippen molar-refractivity contribution in [3.8, 4) is 0 Å². The van der Waals surface area contributed by atoms with Crippen molar-refractivity contribution in [3.63, 3.8) is 0 Å². The first-order valence-electron chi connectivity index (χ1n) is 9.38. The molecule has 0 saturated heterocycles. The quantitative estimate of drug-likeness (QED) is 0.401. The van der Waals surface area contributed by atoms with Crippen LogP contribution in [-0.4, -0.2) is 51.2 Å². The van der Waals surface area contributed by atoms with Gasteiger partial charge in [-0.05, 0) is 43.6 Å². The van der Waals surface area contributed by atoms with Crippen molar-refractivity contribution in [2.45, 2.75) is 46.6 Å². The monoisotopic (exact) mass is 373 g/mol. The van der Waals surface area contributed by atoms with E-state index in [4.69, 9.17) is 10.2 Å². The van der Waals surface area contributed by atoms with E-state index < -0.39 is 5.91 Å². The maximum absolute atomic E-state index is 11.2. The van der Waals surface area contributed by atoms with Crippen LogP contribution < -0.4 is 5.48 Å². The molecule has 2 N–H and O–H groups in total. The normalized spacial score (nSPS) is 12.4. The number of unbranched alkanes of at least 4 members (excludes halogenated alkanes) is 1. The van der Waals surface area contributed by atoms with E-state index >= 15 is 0 Å². The van der Waals surface area contributed by atoms with Crippen LogP contribution in [0.2, 0.25) is 0 Å². The summed E-state index contributed by atoms with van der Waals surface area (Å²) in [7, 11) is 4.18. The zero-order chi connectivity index (χ0) is 20.0. The van der Waals surface area contributed by atoms with Gasteiger partial charge in [0.15, 0.2) is 5.65 Å². The molecule has 7 heteroatoms. The number of rotatable bonds is 9. The Kier molecular flexibility index (Phi) is 7.10. The number of aryl methyl sites for hydroxylation is 1. The van der Waals surface area contributed by atoms with E-state index in [0.29, 0.717) is 0 Å². The summed E-state index contributed by atoms with van der Waals surface area (Å²) in [6, 6.07) is 1.92. The van der Waals surface area contributed by atoms with Gasteiger partial charge in [-0.1, -0.05) is 27.2 Å². The fraction of sp³-hybridized carbons (Fsp3) is 0.550. The van der Waals surface area contributed by atoms with Gasteiger partial charge in [-0.25, -0.2) is 15.4 Å². The number of pyridine rings is 1. The topological polar surface area (TPSA) is 83.3 Å². The third-order valence-electron chi connectivity index (χ3n) is 4.31. The van der Waals surface area contributed by atoms with Crippen LogP contribution in [0.25, 0.3) is 17.2 Å². The van der Waals surface area contributed by atoms with Crippen LogP contribution in [-0.2, 0) is 17.8 Å². The number of carbonyl (C=O) groups excluding carboxylic acids is 1. The molecule has 0 aliphatic carbocycles. The van der Waals surface area contributed by atoms with Crippen LogP contribution in [0.15, 0.2) is 18.3 Å². The highest BCUT2D eigenvalue weighted by molar-refractivity contribution is 5.91. The smallest absolute Gasteiger partial charge is 0.267 e. The lowest BCUT2D eigenvalue weighted by molar-refractivity contribution is -0.124. The Bertz CT molecular complexity index is 808. The van der Waals surface area contributed by atoms with E-state index in [2.05, 4.69) is 49.3 Å². The lowest BCUT2D eigenvalue weighted by Gasteiger charge is -2.29. The minimum absolute atomic E-state index is 0.0809. The summed E-state index contributed by atoms with van der Waals surface area (Å²) >= 11 is 0. The van der Waals surface area contributed by atoms with Gasteiger partial charge in [-0.3, -0.25) is 10.0 Å². The minimum atomic E-state index is -0.574. The van der Waals surface area contributed by atoms with Gasteiger partial charge in [0.25, 0.3) is 5.91 Å². The average molecular weight is 374 g/mol. The van der Waals surface area contributed by atoms with Crippen molar-refractivity contribution in [2.24, 2.45) is 5.41 Å². The van der Waals surface area contributed by atoms with E-state index in [-0.39, 0.29) is 5.41 Å². The molecule has 2 heterocycles. The second-order valence-corrected chi connectivity index (χ2v) is 8.04. The first-order chi connectivity index (χ1) is 12.8. The predicted molar refractivity (Wildman–Crippen MR) is 107 cm³/mol. The van der Waals surface area contributed by atoms with Crippen LogP contribution in [0, 0.1) is 5.41 Å². The third-order valence-corrected chi connectivity index (χ3v) is 4.31. The maximum atomic E-state index is 11.2. The molecule has 1 amide bonds. The Morgan fingerprint density at radius 2 is 2.15 bits per heavy atom. The van der Waals surface area contributed by atoms with E-state index in [0.717, 1.165) is 54.9 Å². The molecule has 0 aromatic carbocycles. The van der Waals surface area contributed by atoms with E-state index in [1.165, 1.54) is 6.08 Å². The fourth-order valence-electron chi connectivity index (χ4n) is 3.40. The van der Waals surface area contributed by atoms with Crippen LogP contribution in [0.1, 0.15) is 45.0 Å². The van der Waals surface area contributed by atoms with Crippen LogP contribution in [0.5, 0.6) is 0 Å². The number of nitrogens with one attached hydrogen (secondary N) is 1. The number of aromatic nitrogens is 3. The summed E-state index contributed by atoms with van der Waals surface area (Å²) in [5, 5.41) is 8.59. The summed E-state index contributed by atoms with van der Waals surface area (Å²) in [6.07, 6.45) is 7.72. The van der Waals surface area contributed by atoms with Crippen LogP contribution in [0.3, 0.4) is 0 Å². The Labute approximate surface area is 161 Å². The number of hydrogen-bond acceptors (Lipinski definition) is 5. The zero-order valence-corrected chi connectivity index (χ0v) is 17.0. The standard InChI is InChI=1S/C20H31N5O2/c1-6-7-8-17-22-16-11-15(9-10-18(26)23-27)12-21-19(16)25(17)14-20(2,3)13-24(4)5/h9-12,27H,6-8,13-14H2,1-5H3,(H,23,26)/b10-9+. The molecule has 2 rings (SSSR count). The molecule has 0 atom stereocenters. The molecule has 0 radical (unpaired) electrons. The van der Waals surface area contributed by atoms with Crippen molar-refractivity contribution < 1.29 is 10.0 Å². The van der Waals surface area contributed by atoms with Crippen molar-refractivity contribution in [1.29, 1.82) is 0 Å². The Morgan fingerprint density at radius 1 is 1.41 bits per heavy atom. The van der Waals surface area contributed by atoms with Gasteiger partial charge in [0.05, 0.1) is 0 Å². The molecule has 0 fully saturated rings. The number of nitrogens with zero attached hydrogens (tertiary/aromatic N) is 4. The summed E-state index contributed by atoms with van der Waals surface area (Å²) in [4.78, 5) is 22.8. The number of amides is 1. The first kappa shape index (κ1) is 21.1. The van der Waals surface area contributed by atoms with E-state index in [9.17, 15) is 4.79 Å². The molecule has 0 aliphatic rings. The molecular weight excluding hydrogens is 342 g/mol. The number of imidazole rings is 1. The Hall–Kier alpha value is -2.25. The van der Waals surface area contributed by atoms with Crippen molar-refractivity contribution in [1.82, 2.24) is 24.9 Å². The molecule has 0 saturated carbocycles. The fourth-order valence-corrected chi connectivity index (χ4v) is 3.40. The predicted octanol–water partition coefficient (Wildman–Crippen LogP) is 2.88. The molecular formula is C20H31N5O2. The maximum Gasteiger partial charge on any atom is 0.267 e. The summed E-state index contributed by atoms with van der Waals surface area (Å²) in [5.41, 5.74) is 4.13. The second-order valence-electron chi connectivity index (χ2n) is 8.04. The van der Waals surface area contributed by atoms with Crippen molar-refractivity contribution in [3.05, 3.63) is 29.7 Å². The SMILES string of the molecule is CCCCc1nc2cc(/C=C/C(=O)NO)cnc2n1CC(C)(C)CN(C)C. The first-order valence-corrected chi connectivity index (χ1v) is 9.38. The number of hydroxylamine groups is 1. The van der Waals surface area contributed by atoms with Gasteiger partial charge in [0.2, 0.25) is 0 Å². The van der Waals surface area contributed by atoms with Crippen LogP contribution >= 0.6 is 0 Å². The molecule has 7 nitrogen and oxygen atoms in total. The van der Waals surface area contributed by atoms with Gasteiger partial charge in [-0.15, -0.1) is 0 Å². The van der Waals surface area contributed by atoms with Gasteiger partial charge in [0.1, 0.15) is 11.3 Å². The highest BCUT2D eigenvalue weighted by atomic mass is 16.5.